The van der Waals surface area contributed by atoms with E-state index in [4.69, 9.17) is 5.11 Å². The van der Waals surface area contributed by atoms with Gasteiger partial charge in [-0.3, -0.25) is 13.9 Å². The van der Waals surface area contributed by atoms with Gasteiger partial charge >= 0.3 is 5.97 Å². The number of rotatable bonds is 4. The van der Waals surface area contributed by atoms with Gasteiger partial charge in [0.25, 0.3) is 5.91 Å². The Morgan fingerprint density at radius 2 is 2.00 bits per heavy atom. The summed E-state index contributed by atoms with van der Waals surface area (Å²) in [6, 6.07) is 4.75. The number of benzene rings is 1. The first-order valence-corrected chi connectivity index (χ1v) is 10.0. The van der Waals surface area contributed by atoms with Gasteiger partial charge < -0.3 is 10.0 Å². The number of aliphatic carboxylic acids is 1. The second kappa shape index (κ2) is 6.67. The van der Waals surface area contributed by atoms with E-state index in [0.717, 1.165) is 6.42 Å². The van der Waals surface area contributed by atoms with Gasteiger partial charge in [0.05, 0.1) is 17.9 Å². The second-order valence-corrected chi connectivity index (χ2v) is 8.65. The van der Waals surface area contributed by atoms with E-state index in [1.54, 1.807) is 30.0 Å². The zero-order valence-corrected chi connectivity index (χ0v) is 15.0. The number of nitrogens with zero attached hydrogens (tertiary/aromatic N) is 2. The Hall–Kier alpha value is -2.09. The third-order valence-electron chi connectivity index (χ3n) is 4.88. The van der Waals surface area contributed by atoms with Crippen LogP contribution in [0.4, 0.5) is 5.69 Å². The largest absolute Gasteiger partial charge is 0.481 e. The third-order valence-corrected chi connectivity index (χ3v) is 6.75. The molecule has 2 aliphatic heterocycles. The number of hydrogen-bond donors (Lipinski definition) is 1. The van der Waals surface area contributed by atoms with Gasteiger partial charge in [0.2, 0.25) is 10.0 Å². The zero-order valence-electron chi connectivity index (χ0n) is 14.1. The number of carbonyl (C=O) groups is 2. The first-order valence-electron chi connectivity index (χ1n) is 8.43. The van der Waals surface area contributed by atoms with Crippen LogP contribution in [0, 0.1) is 6.92 Å². The molecule has 0 radical (unpaired) electrons. The lowest BCUT2D eigenvalue weighted by Gasteiger charge is -2.25. The van der Waals surface area contributed by atoms with Crippen LogP contribution in [-0.2, 0) is 14.8 Å². The number of carboxylic acids is 1. The number of amides is 1. The summed E-state index contributed by atoms with van der Waals surface area (Å²) in [6.45, 7) is 2.79. The molecule has 3 rings (SSSR count). The Balaban J connectivity index is 1.83. The summed E-state index contributed by atoms with van der Waals surface area (Å²) in [5.74, 6) is -0.940. The van der Waals surface area contributed by atoms with Crippen molar-refractivity contribution in [3.8, 4) is 0 Å². The molecular weight excluding hydrogens is 344 g/mol. The monoisotopic (exact) mass is 366 g/mol. The highest BCUT2D eigenvalue weighted by molar-refractivity contribution is 7.93. The quantitative estimate of drug-likeness (QED) is 0.874. The average Bonchev–Trinajstić information content (AvgIpc) is 3.11. The maximum atomic E-state index is 12.8. The molecule has 1 N–H and O–H groups in total. The van der Waals surface area contributed by atoms with Crippen LogP contribution in [0.1, 0.15) is 41.6 Å². The molecule has 1 atom stereocenters. The van der Waals surface area contributed by atoms with E-state index < -0.39 is 16.0 Å². The predicted octanol–water partition coefficient (Wildman–Crippen LogP) is 1.61. The zero-order chi connectivity index (χ0) is 18.2. The van der Waals surface area contributed by atoms with Crippen LogP contribution in [-0.4, -0.2) is 55.2 Å². The highest BCUT2D eigenvalue weighted by Gasteiger charge is 2.32. The molecule has 0 aromatic heterocycles. The number of sulfonamides is 1. The highest BCUT2D eigenvalue weighted by Crippen LogP contribution is 2.28. The van der Waals surface area contributed by atoms with Crippen molar-refractivity contribution in [2.75, 3.05) is 23.1 Å². The Kier molecular flexibility index (Phi) is 4.73. The normalized spacial score (nSPS) is 22.4. The first-order chi connectivity index (χ1) is 11.8. The van der Waals surface area contributed by atoms with Gasteiger partial charge in [-0.2, -0.15) is 0 Å². The molecule has 0 spiro atoms. The van der Waals surface area contributed by atoms with Crippen LogP contribution >= 0.6 is 0 Å². The fourth-order valence-corrected chi connectivity index (χ4v) is 5.20. The summed E-state index contributed by atoms with van der Waals surface area (Å²) in [4.78, 5) is 25.4. The lowest BCUT2D eigenvalue weighted by atomic mass is 10.1. The molecule has 2 heterocycles. The van der Waals surface area contributed by atoms with Crippen molar-refractivity contribution in [3.05, 3.63) is 29.3 Å². The molecule has 1 aromatic rings. The number of likely N-dealkylation sites (tertiary alicyclic amines) is 1. The molecule has 1 amide bonds. The Bertz CT molecular complexity index is 805. The average molecular weight is 366 g/mol. The number of carbonyl (C=O) groups excluding carboxylic acids is 1. The van der Waals surface area contributed by atoms with E-state index in [0.29, 0.717) is 42.7 Å². The molecule has 0 aliphatic carbocycles. The van der Waals surface area contributed by atoms with Crippen LogP contribution in [0.2, 0.25) is 0 Å². The molecule has 1 unspecified atom stereocenters. The van der Waals surface area contributed by atoms with Crippen molar-refractivity contribution in [2.24, 2.45) is 0 Å². The van der Waals surface area contributed by atoms with E-state index in [1.165, 1.54) is 4.31 Å². The second-order valence-electron chi connectivity index (χ2n) is 6.63. The Morgan fingerprint density at radius 3 is 2.60 bits per heavy atom. The maximum Gasteiger partial charge on any atom is 0.305 e. The number of aryl methyl sites for hydroxylation is 1. The van der Waals surface area contributed by atoms with Crippen molar-refractivity contribution in [2.45, 2.75) is 38.6 Å². The molecule has 0 saturated carbocycles. The minimum atomic E-state index is -3.26. The molecule has 7 nitrogen and oxygen atoms in total. The molecule has 8 heteroatoms. The van der Waals surface area contributed by atoms with Crippen molar-refractivity contribution < 1.29 is 23.1 Å². The smallest absolute Gasteiger partial charge is 0.305 e. The van der Waals surface area contributed by atoms with E-state index in [-0.39, 0.29) is 24.1 Å². The van der Waals surface area contributed by atoms with Gasteiger partial charge in [0, 0.05) is 24.7 Å². The van der Waals surface area contributed by atoms with Crippen molar-refractivity contribution in [1.29, 1.82) is 0 Å². The highest BCUT2D eigenvalue weighted by atomic mass is 32.2. The van der Waals surface area contributed by atoms with Gasteiger partial charge in [-0.25, -0.2) is 8.42 Å². The van der Waals surface area contributed by atoms with Crippen molar-refractivity contribution in [1.82, 2.24) is 4.90 Å². The van der Waals surface area contributed by atoms with Crippen LogP contribution in [0.5, 0.6) is 0 Å². The molecule has 2 saturated heterocycles. The van der Waals surface area contributed by atoms with E-state index in [1.807, 2.05) is 0 Å². The number of anilines is 1. The molecule has 2 fully saturated rings. The van der Waals surface area contributed by atoms with Gasteiger partial charge in [-0.1, -0.05) is 0 Å². The van der Waals surface area contributed by atoms with E-state index in [2.05, 4.69) is 0 Å². The summed E-state index contributed by atoms with van der Waals surface area (Å²) in [5, 5.41) is 9.01. The standard InChI is InChI=1S/C17H22N2O5S/c1-12-10-14(19-8-3-9-25(19,23)24)5-6-15(12)17(22)18-7-2-4-13(18)11-16(20)21/h5-6,10,13H,2-4,7-9,11H2,1H3,(H,20,21). The summed E-state index contributed by atoms with van der Waals surface area (Å²) in [7, 11) is -3.26. The Labute approximate surface area is 147 Å². The van der Waals surface area contributed by atoms with Gasteiger partial charge in [0.15, 0.2) is 0 Å². The summed E-state index contributed by atoms with van der Waals surface area (Å²) < 4.78 is 25.5. The van der Waals surface area contributed by atoms with Crippen LogP contribution in [0.3, 0.4) is 0 Å². The molecular formula is C17H22N2O5S. The molecule has 0 bridgehead atoms. The lowest BCUT2D eigenvalue weighted by Crippen LogP contribution is -2.37. The SMILES string of the molecule is Cc1cc(N2CCCS2(=O)=O)ccc1C(=O)N1CCCC1CC(=O)O. The minimum Gasteiger partial charge on any atom is -0.481 e. The fraction of sp³-hybridized carbons (Fsp3) is 0.529. The summed E-state index contributed by atoms with van der Waals surface area (Å²) in [6.07, 6.45) is 2.05. The first kappa shape index (κ1) is 17.7. The van der Waals surface area contributed by atoms with Crippen molar-refractivity contribution >= 4 is 27.6 Å². The maximum absolute atomic E-state index is 12.8. The summed E-state index contributed by atoms with van der Waals surface area (Å²) in [5.41, 5.74) is 1.78. The number of hydrogen-bond acceptors (Lipinski definition) is 4. The van der Waals surface area contributed by atoms with E-state index >= 15 is 0 Å². The third kappa shape index (κ3) is 3.49. The Morgan fingerprint density at radius 1 is 1.24 bits per heavy atom. The molecule has 25 heavy (non-hydrogen) atoms. The van der Waals surface area contributed by atoms with E-state index in [9.17, 15) is 18.0 Å². The van der Waals surface area contributed by atoms with Crippen LogP contribution in [0.15, 0.2) is 18.2 Å². The van der Waals surface area contributed by atoms with Gasteiger partial charge in [-0.15, -0.1) is 0 Å². The minimum absolute atomic E-state index is 0.0467. The van der Waals surface area contributed by atoms with Gasteiger partial charge in [0.1, 0.15) is 0 Å². The molecule has 136 valence electrons. The summed E-state index contributed by atoms with van der Waals surface area (Å²) >= 11 is 0. The molecule has 1 aromatic carbocycles. The molecule has 2 aliphatic rings. The van der Waals surface area contributed by atoms with Crippen LogP contribution < -0.4 is 4.31 Å². The fourth-order valence-electron chi connectivity index (χ4n) is 3.64. The van der Waals surface area contributed by atoms with Gasteiger partial charge in [-0.05, 0) is 49.9 Å². The lowest BCUT2D eigenvalue weighted by molar-refractivity contribution is -0.137. The van der Waals surface area contributed by atoms with Crippen LogP contribution in [0.25, 0.3) is 0 Å². The number of carboxylic acid groups (broad SMARTS) is 1. The predicted molar refractivity (Wildman–Crippen MR) is 93.2 cm³/mol. The van der Waals surface area contributed by atoms with Crippen molar-refractivity contribution in [3.63, 3.8) is 0 Å². The topological polar surface area (TPSA) is 95.0 Å².